The van der Waals surface area contributed by atoms with Crippen molar-refractivity contribution in [1.82, 2.24) is 0 Å². The molecule has 0 radical (unpaired) electrons. The average Bonchev–Trinajstić information content (AvgIpc) is 2.83. The number of hydrogen-bond acceptors (Lipinski definition) is 0. The van der Waals surface area contributed by atoms with Gasteiger partial charge in [-0.1, -0.05) is 105 Å². The van der Waals surface area contributed by atoms with Crippen molar-refractivity contribution in [1.29, 1.82) is 0 Å². The molecule has 0 heterocycles. The highest BCUT2D eigenvalue weighted by molar-refractivity contribution is 5.88. The molecule has 0 aliphatic carbocycles. The van der Waals surface area contributed by atoms with Crippen LogP contribution < -0.4 is 0 Å². The molecule has 0 atom stereocenters. The van der Waals surface area contributed by atoms with Crippen LogP contribution in [0.4, 0.5) is 0 Å². The molecule has 4 aromatic carbocycles. The molecule has 4 aromatic rings. The molecule has 0 saturated heterocycles. The number of allylic oxidation sites excluding steroid dienone is 1. The number of hydrogen-bond donors (Lipinski definition) is 0. The van der Waals surface area contributed by atoms with Gasteiger partial charge < -0.3 is 0 Å². The zero-order valence-electron chi connectivity index (χ0n) is 18.6. The predicted molar refractivity (Wildman–Crippen MR) is 137 cm³/mol. The minimum atomic E-state index is 1.03. The second-order valence-electron chi connectivity index (χ2n) is 8.46. The van der Waals surface area contributed by atoms with Crippen molar-refractivity contribution in [3.63, 3.8) is 0 Å². The molecule has 0 aliphatic rings. The Morgan fingerprint density at radius 3 is 1.81 bits per heavy atom. The van der Waals surface area contributed by atoms with E-state index in [9.17, 15) is 0 Å². The average molecular weight is 405 g/mol. The zero-order chi connectivity index (χ0) is 21.5. The molecule has 156 valence electrons. The van der Waals surface area contributed by atoms with Gasteiger partial charge in [-0.05, 0) is 75.9 Å². The first-order valence-corrected chi connectivity index (χ1v) is 11.6. The Morgan fingerprint density at radius 1 is 0.581 bits per heavy atom. The van der Waals surface area contributed by atoms with Crippen LogP contribution in [0.5, 0.6) is 0 Å². The van der Waals surface area contributed by atoms with Gasteiger partial charge in [-0.3, -0.25) is 0 Å². The molecule has 31 heavy (non-hydrogen) atoms. The quantitative estimate of drug-likeness (QED) is 0.193. The first-order valence-electron chi connectivity index (χ1n) is 11.6. The lowest BCUT2D eigenvalue weighted by molar-refractivity contribution is 0.718. The molecule has 0 aliphatic heterocycles. The molecule has 0 unspecified atom stereocenters. The van der Waals surface area contributed by atoms with E-state index in [2.05, 4.69) is 98.4 Å². The standard InChI is InChI=1S/C31H32/c1-3-5-7-9-25-12-15-31-23-30(21-20-29(31)22-25)28-18-16-27(17-19-28)26-13-10-24(11-14-26)8-6-4-2/h4,10-23H,2-3,5-9H2,1H3. The van der Waals surface area contributed by atoms with Crippen LogP contribution in [0.25, 0.3) is 33.0 Å². The molecular weight excluding hydrogens is 372 g/mol. The summed E-state index contributed by atoms with van der Waals surface area (Å²) >= 11 is 0. The summed E-state index contributed by atoms with van der Waals surface area (Å²) in [5, 5.41) is 2.65. The third-order valence-corrected chi connectivity index (χ3v) is 6.12. The lowest BCUT2D eigenvalue weighted by Gasteiger charge is -2.08. The fourth-order valence-electron chi connectivity index (χ4n) is 4.20. The molecular formula is C31H32. The number of rotatable bonds is 9. The van der Waals surface area contributed by atoms with Crippen molar-refractivity contribution in [3.8, 4) is 22.3 Å². The molecule has 0 spiro atoms. The summed E-state index contributed by atoms with van der Waals surface area (Å²) < 4.78 is 0. The maximum absolute atomic E-state index is 3.81. The number of unbranched alkanes of at least 4 members (excludes halogenated alkanes) is 2. The maximum atomic E-state index is 3.81. The second-order valence-corrected chi connectivity index (χ2v) is 8.46. The molecule has 0 nitrogen and oxygen atoms in total. The highest BCUT2D eigenvalue weighted by Gasteiger charge is 2.04. The van der Waals surface area contributed by atoms with Gasteiger partial charge in [0.1, 0.15) is 0 Å². The molecule has 4 rings (SSSR count). The summed E-state index contributed by atoms with van der Waals surface area (Å²) in [5.74, 6) is 0. The van der Waals surface area contributed by atoms with Gasteiger partial charge >= 0.3 is 0 Å². The lowest BCUT2D eigenvalue weighted by Crippen LogP contribution is -1.87. The van der Waals surface area contributed by atoms with Gasteiger partial charge in [-0.25, -0.2) is 0 Å². The van der Waals surface area contributed by atoms with Crippen molar-refractivity contribution < 1.29 is 0 Å². The van der Waals surface area contributed by atoms with E-state index in [0.29, 0.717) is 0 Å². The SMILES string of the molecule is C=CCCc1ccc(-c2ccc(-c3ccc4cc(CCCCC)ccc4c3)cc2)cc1. The van der Waals surface area contributed by atoms with Gasteiger partial charge in [-0.15, -0.1) is 6.58 Å². The Labute approximate surface area is 187 Å². The fourth-order valence-corrected chi connectivity index (χ4v) is 4.20. The van der Waals surface area contributed by atoms with Crippen molar-refractivity contribution >= 4 is 10.8 Å². The number of benzene rings is 4. The van der Waals surface area contributed by atoms with E-state index in [-0.39, 0.29) is 0 Å². The van der Waals surface area contributed by atoms with Gasteiger partial charge in [0.25, 0.3) is 0 Å². The highest BCUT2D eigenvalue weighted by atomic mass is 14.1. The minimum Gasteiger partial charge on any atom is -0.103 e. The summed E-state index contributed by atoms with van der Waals surface area (Å²) in [6.45, 7) is 6.07. The van der Waals surface area contributed by atoms with E-state index < -0.39 is 0 Å². The lowest BCUT2D eigenvalue weighted by atomic mass is 9.96. The first kappa shape index (κ1) is 21.1. The first-order chi connectivity index (χ1) is 15.3. The van der Waals surface area contributed by atoms with Crippen LogP contribution in [0.1, 0.15) is 43.7 Å². The normalized spacial score (nSPS) is 11.0. The summed E-state index contributed by atoms with van der Waals surface area (Å²) in [6, 6.07) is 31.6. The molecule has 0 aromatic heterocycles. The molecule has 0 amide bonds. The maximum Gasteiger partial charge on any atom is -0.0178 e. The second kappa shape index (κ2) is 10.3. The number of fused-ring (bicyclic) bond motifs is 1. The van der Waals surface area contributed by atoms with Gasteiger partial charge in [-0.2, -0.15) is 0 Å². The van der Waals surface area contributed by atoms with Crippen molar-refractivity contribution in [2.75, 3.05) is 0 Å². The van der Waals surface area contributed by atoms with E-state index >= 15 is 0 Å². The third-order valence-electron chi connectivity index (χ3n) is 6.12. The third kappa shape index (κ3) is 5.33. The summed E-state index contributed by atoms with van der Waals surface area (Å²) in [7, 11) is 0. The van der Waals surface area contributed by atoms with E-state index in [1.807, 2.05) is 6.08 Å². The Morgan fingerprint density at radius 2 is 1.13 bits per heavy atom. The van der Waals surface area contributed by atoms with Crippen LogP contribution >= 0.6 is 0 Å². The molecule has 0 heteroatoms. The Bertz CT molecular complexity index is 1130. The van der Waals surface area contributed by atoms with Gasteiger partial charge in [0.15, 0.2) is 0 Å². The van der Waals surface area contributed by atoms with E-state index in [1.165, 1.54) is 69.8 Å². The Kier molecular flexibility index (Phi) is 6.99. The summed E-state index contributed by atoms with van der Waals surface area (Å²) in [5.41, 5.74) is 7.89. The molecule has 0 N–H and O–H groups in total. The van der Waals surface area contributed by atoms with Crippen LogP contribution in [-0.4, -0.2) is 0 Å². The Hall–Kier alpha value is -3.12. The van der Waals surface area contributed by atoms with Gasteiger partial charge in [0.2, 0.25) is 0 Å². The largest absolute Gasteiger partial charge is 0.103 e. The van der Waals surface area contributed by atoms with E-state index in [1.54, 1.807) is 0 Å². The van der Waals surface area contributed by atoms with Crippen molar-refractivity contribution in [2.24, 2.45) is 0 Å². The van der Waals surface area contributed by atoms with Crippen LogP contribution in [0.15, 0.2) is 97.6 Å². The van der Waals surface area contributed by atoms with E-state index in [0.717, 1.165) is 12.8 Å². The predicted octanol–water partition coefficient (Wildman–Crippen LogP) is 9.03. The molecule has 0 bridgehead atoms. The molecule has 0 saturated carbocycles. The number of aryl methyl sites for hydroxylation is 2. The minimum absolute atomic E-state index is 1.03. The van der Waals surface area contributed by atoms with Crippen molar-refractivity contribution in [3.05, 3.63) is 109 Å². The molecule has 0 fully saturated rings. The van der Waals surface area contributed by atoms with Crippen LogP contribution in [-0.2, 0) is 12.8 Å². The summed E-state index contributed by atoms with van der Waals surface area (Å²) in [6.07, 6.45) is 9.12. The Balaban J connectivity index is 1.50. The zero-order valence-corrected chi connectivity index (χ0v) is 18.6. The fraction of sp³-hybridized carbons (Fsp3) is 0.226. The van der Waals surface area contributed by atoms with Crippen LogP contribution in [0.3, 0.4) is 0 Å². The topological polar surface area (TPSA) is 0 Å². The summed E-state index contributed by atoms with van der Waals surface area (Å²) in [4.78, 5) is 0. The van der Waals surface area contributed by atoms with Gasteiger partial charge in [0.05, 0.1) is 0 Å². The monoisotopic (exact) mass is 404 g/mol. The van der Waals surface area contributed by atoms with Crippen LogP contribution in [0, 0.1) is 0 Å². The van der Waals surface area contributed by atoms with Crippen molar-refractivity contribution in [2.45, 2.75) is 45.4 Å². The smallest absolute Gasteiger partial charge is 0.0178 e. The van der Waals surface area contributed by atoms with E-state index in [4.69, 9.17) is 0 Å². The van der Waals surface area contributed by atoms with Gasteiger partial charge in [0, 0.05) is 0 Å². The highest BCUT2D eigenvalue weighted by Crippen LogP contribution is 2.28. The van der Waals surface area contributed by atoms with Crippen LogP contribution in [0.2, 0.25) is 0 Å².